The molecule has 2 rings (SSSR count). The normalized spacial score (nSPS) is 16.3. The fourth-order valence-corrected chi connectivity index (χ4v) is 2.08. The molecule has 0 aromatic heterocycles. The van der Waals surface area contributed by atoms with Gasteiger partial charge in [0.05, 0.1) is 25.6 Å². The van der Waals surface area contributed by atoms with Gasteiger partial charge >= 0.3 is 0 Å². The van der Waals surface area contributed by atoms with Gasteiger partial charge in [0.2, 0.25) is 0 Å². The average molecular weight is 252 g/mol. The molecule has 1 aliphatic rings. The molecule has 0 radical (unpaired) electrons. The Hall–Kier alpha value is -1.62. The van der Waals surface area contributed by atoms with Gasteiger partial charge in [-0.2, -0.15) is 0 Å². The minimum Gasteiger partial charge on any atom is -0.493 e. The summed E-state index contributed by atoms with van der Waals surface area (Å²) in [7, 11) is 3.22. The molecule has 0 saturated carbocycles. The van der Waals surface area contributed by atoms with Gasteiger partial charge in [-0.25, -0.2) is 0 Å². The number of nitrogens with one attached hydrogen (secondary N) is 1. The van der Waals surface area contributed by atoms with Crippen LogP contribution in [0.25, 0.3) is 0 Å². The van der Waals surface area contributed by atoms with E-state index in [0.29, 0.717) is 23.2 Å². The average Bonchev–Trinajstić information content (AvgIpc) is 2.41. The van der Waals surface area contributed by atoms with E-state index < -0.39 is 0 Å². The number of hydrogen-bond acceptors (Lipinski definition) is 5. The largest absolute Gasteiger partial charge is 0.493 e. The summed E-state index contributed by atoms with van der Waals surface area (Å²) in [5.41, 5.74) is 7.56. The summed E-state index contributed by atoms with van der Waals surface area (Å²) >= 11 is 0. The first-order valence-corrected chi connectivity index (χ1v) is 6.10. The number of hydrogen-bond donors (Lipinski definition) is 2. The summed E-state index contributed by atoms with van der Waals surface area (Å²) in [4.78, 5) is 0. The van der Waals surface area contributed by atoms with Gasteiger partial charge in [0, 0.05) is 31.4 Å². The van der Waals surface area contributed by atoms with Crippen molar-refractivity contribution in [2.24, 2.45) is 0 Å². The summed E-state index contributed by atoms with van der Waals surface area (Å²) < 4.78 is 15.8. The van der Waals surface area contributed by atoms with Crippen molar-refractivity contribution in [1.82, 2.24) is 0 Å². The molecule has 1 heterocycles. The lowest BCUT2D eigenvalue weighted by Crippen LogP contribution is -2.28. The van der Waals surface area contributed by atoms with E-state index in [1.807, 2.05) is 6.07 Å². The zero-order chi connectivity index (χ0) is 13.0. The standard InChI is InChI=1S/C13H20N2O3/c1-16-12-7-10(14)11(8-13(12)17-2)15-9-3-5-18-6-4-9/h7-9,15H,3-6,14H2,1-2H3. The third-order valence-corrected chi connectivity index (χ3v) is 3.14. The number of nitrogen functional groups attached to an aromatic ring is 1. The molecule has 0 aliphatic carbocycles. The van der Waals surface area contributed by atoms with Crippen LogP contribution < -0.4 is 20.5 Å². The maximum Gasteiger partial charge on any atom is 0.162 e. The van der Waals surface area contributed by atoms with Gasteiger partial charge in [0.25, 0.3) is 0 Å². The molecular formula is C13H20N2O3. The van der Waals surface area contributed by atoms with E-state index in [-0.39, 0.29) is 0 Å². The van der Waals surface area contributed by atoms with E-state index in [1.165, 1.54) is 0 Å². The van der Waals surface area contributed by atoms with Crippen LogP contribution in [0.1, 0.15) is 12.8 Å². The SMILES string of the molecule is COc1cc(N)c(NC2CCOCC2)cc1OC. The molecule has 18 heavy (non-hydrogen) atoms. The molecule has 1 aromatic carbocycles. The zero-order valence-corrected chi connectivity index (χ0v) is 10.9. The van der Waals surface area contributed by atoms with Crippen molar-refractivity contribution in [3.8, 4) is 11.5 Å². The van der Waals surface area contributed by atoms with Gasteiger partial charge in [-0.1, -0.05) is 0 Å². The molecule has 5 heteroatoms. The van der Waals surface area contributed by atoms with Crippen LogP contribution in [0, 0.1) is 0 Å². The Morgan fingerprint density at radius 3 is 2.39 bits per heavy atom. The van der Waals surface area contributed by atoms with E-state index in [0.717, 1.165) is 31.7 Å². The van der Waals surface area contributed by atoms with Gasteiger partial charge in [-0.15, -0.1) is 0 Å². The first-order valence-electron chi connectivity index (χ1n) is 6.10. The summed E-state index contributed by atoms with van der Waals surface area (Å²) in [5, 5.41) is 3.43. The second-order valence-corrected chi connectivity index (χ2v) is 4.33. The van der Waals surface area contributed by atoms with Crippen molar-refractivity contribution >= 4 is 11.4 Å². The number of ether oxygens (including phenoxy) is 3. The summed E-state index contributed by atoms with van der Waals surface area (Å²) in [6.45, 7) is 1.59. The highest BCUT2D eigenvalue weighted by atomic mass is 16.5. The Morgan fingerprint density at radius 1 is 1.17 bits per heavy atom. The lowest BCUT2D eigenvalue weighted by molar-refractivity contribution is 0.0904. The maximum absolute atomic E-state index is 6.01. The topological polar surface area (TPSA) is 65.7 Å². The van der Waals surface area contributed by atoms with Crippen LogP contribution in [-0.2, 0) is 4.74 Å². The van der Waals surface area contributed by atoms with Gasteiger partial charge in [-0.3, -0.25) is 0 Å². The highest BCUT2D eigenvalue weighted by molar-refractivity contribution is 5.72. The molecule has 0 bridgehead atoms. The molecule has 1 aromatic rings. The molecule has 3 N–H and O–H groups in total. The van der Waals surface area contributed by atoms with Crippen molar-refractivity contribution < 1.29 is 14.2 Å². The lowest BCUT2D eigenvalue weighted by atomic mass is 10.1. The molecule has 1 fully saturated rings. The highest BCUT2D eigenvalue weighted by Crippen LogP contribution is 2.35. The van der Waals surface area contributed by atoms with E-state index in [1.54, 1.807) is 20.3 Å². The van der Waals surface area contributed by atoms with Gasteiger partial charge in [0.1, 0.15) is 0 Å². The van der Waals surface area contributed by atoms with Crippen molar-refractivity contribution in [3.05, 3.63) is 12.1 Å². The van der Waals surface area contributed by atoms with Gasteiger partial charge in [-0.05, 0) is 12.8 Å². The zero-order valence-electron chi connectivity index (χ0n) is 10.9. The van der Waals surface area contributed by atoms with Crippen LogP contribution in [0.2, 0.25) is 0 Å². The summed E-state index contributed by atoms with van der Waals surface area (Å²) in [6.07, 6.45) is 1.99. The third kappa shape index (κ3) is 2.79. The van der Waals surface area contributed by atoms with Gasteiger partial charge < -0.3 is 25.3 Å². The minimum absolute atomic E-state index is 0.402. The Bertz CT molecular complexity index is 403. The molecule has 1 aliphatic heterocycles. The maximum atomic E-state index is 6.01. The Labute approximate surface area is 107 Å². The number of benzene rings is 1. The predicted octanol–water partition coefficient (Wildman–Crippen LogP) is 1.88. The van der Waals surface area contributed by atoms with Crippen LogP contribution in [0.3, 0.4) is 0 Å². The molecular weight excluding hydrogens is 232 g/mol. The number of methoxy groups -OCH3 is 2. The summed E-state index contributed by atoms with van der Waals surface area (Å²) in [6, 6.07) is 4.06. The van der Waals surface area contributed by atoms with Crippen molar-refractivity contribution in [2.75, 3.05) is 38.5 Å². The highest BCUT2D eigenvalue weighted by Gasteiger charge is 2.16. The van der Waals surface area contributed by atoms with Crippen LogP contribution in [0.15, 0.2) is 12.1 Å². The number of rotatable bonds is 4. The van der Waals surface area contributed by atoms with Crippen LogP contribution >= 0.6 is 0 Å². The second kappa shape index (κ2) is 5.82. The molecule has 100 valence electrons. The first kappa shape index (κ1) is 12.8. The van der Waals surface area contributed by atoms with E-state index in [4.69, 9.17) is 19.9 Å². The van der Waals surface area contributed by atoms with E-state index in [2.05, 4.69) is 5.32 Å². The van der Waals surface area contributed by atoms with Crippen molar-refractivity contribution in [3.63, 3.8) is 0 Å². The molecule has 5 nitrogen and oxygen atoms in total. The van der Waals surface area contributed by atoms with Crippen LogP contribution in [-0.4, -0.2) is 33.5 Å². The molecule has 1 saturated heterocycles. The van der Waals surface area contributed by atoms with E-state index >= 15 is 0 Å². The van der Waals surface area contributed by atoms with Crippen molar-refractivity contribution in [2.45, 2.75) is 18.9 Å². The Balaban J connectivity index is 2.16. The quantitative estimate of drug-likeness (QED) is 0.801. The number of anilines is 2. The van der Waals surface area contributed by atoms with E-state index in [9.17, 15) is 0 Å². The summed E-state index contributed by atoms with van der Waals surface area (Å²) in [5.74, 6) is 1.33. The smallest absolute Gasteiger partial charge is 0.162 e. The minimum atomic E-state index is 0.402. The monoisotopic (exact) mass is 252 g/mol. The molecule has 0 amide bonds. The van der Waals surface area contributed by atoms with Crippen LogP contribution in [0.4, 0.5) is 11.4 Å². The van der Waals surface area contributed by atoms with Gasteiger partial charge in [0.15, 0.2) is 11.5 Å². The first-order chi connectivity index (χ1) is 8.74. The fraction of sp³-hybridized carbons (Fsp3) is 0.538. The molecule has 0 unspecified atom stereocenters. The third-order valence-electron chi connectivity index (χ3n) is 3.14. The lowest BCUT2D eigenvalue weighted by Gasteiger charge is -2.25. The molecule has 0 atom stereocenters. The Kier molecular flexibility index (Phi) is 4.15. The van der Waals surface area contributed by atoms with Crippen molar-refractivity contribution in [1.29, 1.82) is 0 Å². The van der Waals surface area contributed by atoms with Crippen LogP contribution in [0.5, 0.6) is 11.5 Å². The molecule has 0 spiro atoms. The predicted molar refractivity (Wildman–Crippen MR) is 71.4 cm³/mol. The Morgan fingerprint density at radius 2 is 1.78 bits per heavy atom. The fourth-order valence-electron chi connectivity index (χ4n) is 2.08. The number of nitrogens with two attached hydrogens (primary N) is 1. The second-order valence-electron chi connectivity index (χ2n) is 4.33.